The zero-order chi connectivity index (χ0) is 13.7. The van der Waals surface area contributed by atoms with Crippen LogP contribution in [0.1, 0.15) is 53.9 Å². The van der Waals surface area contributed by atoms with E-state index in [4.69, 9.17) is 0 Å². The van der Waals surface area contributed by atoms with Crippen LogP contribution < -0.4 is 0 Å². The highest BCUT2D eigenvalue weighted by Crippen LogP contribution is 2.57. The summed E-state index contributed by atoms with van der Waals surface area (Å²) in [6, 6.07) is 0. The van der Waals surface area contributed by atoms with Crippen LogP contribution >= 0.6 is 0 Å². The monoisotopic (exact) mass is 250 g/mol. The minimum Gasteiger partial charge on any atom is -0.303 e. The van der Waals surface area contributed by atoms with Crippen LogP contribution in [0, 0.1) is 34.5 Å². The Balaban J connectivity index is 2.38. The summed E-state index contributed by atoms with van der Waals surface area (Å²) in [5, 5.41) is 0. The first kappa shape index (κ1) is 13.8. The summed E-state index contributed by atoms with van der Waals surface area (Å²) in [4.78, 5) is 23.6. The zero-order valence-corrected chi connectivity index (χ0v) is 12.3. The summed E-state index contributed by atoms with van der Waals surface area (Å²) >= 11 is 0. The van der Waals surface area contributed by atoms with E-state index in [9.17, 15) is 9.59 Å². The number of hydrogen-bond acceptors (Lipinski definition) is 2. The van der Waals surface area contributed by atoms with Crippen LogP contribution in [0.15, 0.2) is 0 Å². The van der Waals surface area contributed by atoms with E-state index in [1.807, 2.05) is 0 Å². The molecular weight excluding hydrogens is 224 g/mol. The molecule has 0 bridgehead atoms. The topological polar surface area (TPSA) is 34.1 Å². The van der Waals surface area contributed by atoms with E-state index in [2.05, 4.69) is 34.6 Å². The van der Waals surface area contributed by atoms with Crippen molar-refractivity contribution < 1.29 is 9.59 Å². The summed E-state index contributed by atoms with van der Waals surface area (Å²) in [5.74, 6) is 1.70. The van der Waals surface area contributed by atoms with Gasteiger partial charge in [-0.25, -0.2) is 0 Å². The maximum atomic E-state index is 12.2. The van der Waals surface area contributed by atoms with Crippen molar-refractivity contribution in [1.82, 2.24) is 0 Å². The van der Waals surface area contributed by atoms with Gasteiger partial charge in [-0.05, 0) is 36.5 Å². The Kier molecular flexibility index (Phi) is 3.19. The molecule has 2 saturated carbocycles. The van der Waals surface area contributed by atoms with Crippen molar-refractivity contribution in [3.8, 4) is 0 Å². The molecule has 0 spiro atoms. The lowest BCUT2D eigenvalue weighted by Crippen LogP contribution is -2.34. The maximum Gasteiger partial charge on any atom is 0.139 e. The molecule has 0 heterocycles. The Labute approximate surface area is 111 Å². The van der Waals surface area contributed by atoms with E-state index in [0.717, 1.165) is 25.5 Å². The Hall–Kier alpha value is -0.660. The van der Waals surface area contributed by atoms with Crippen LogP contribution in [0.4, 0.5) is 0 Å². The summed E-state index contributed by atoms with van der Waals surface area (Å²) in [6.45, 7) is 10.8. The van der Waals surface area contributed by atoms with Crippen LogP contribution in [0.2, 0.25) is 0 Å². The fourth-order valence-electron chi connectivity index (χ4n) is 5.01. The lowest BCUT2D eigenvalue weighted by molar-refractivity contribution is -0.124. The third-order valence-electron chi connectivity index (χ3n) is 5.63. The van der Waals surface area contributed by atoms with E-state index >= 15 is 0 Å². The number of hydrogen-bond donors (Lipinski definition) is 0. The van der Waals surface area contributed by atoms with Crippen molar-refractivity contribution in [2.75, 3.05) is 0 Å². The predicted octanol–water partition coefficient (Wildman–Crippen LogP) is 3.49. The van der Waals surface area contributed by atoms with E-state index in [0.29, 0.717) is 17.6 Å². The Morgan fingerprint density at radius 2 is 1.78 bits per heavy atom. The van der Waals surface area contributed by atoms with Gasteiger partial charge in [-0.3, -0.25) is 4.79 Å². The second kappa shape index (κ2) is 4.18. The second-order valence-corrected chi connectivity index (χ2v) is 7.65. The molecule has 5 atom stereocenters. The number of fused-ring (bicyclic) bond motifs is 1. The van der Waals surface area contributed by atoms with Crippen molar-refractivity contribution >= 4 is 12.1 Å². The van der Waals surface area contributed by atoms with Gasteiger partial charge in [-0.1, -0.05) is 34.6 Å². The molecule has 2 aliphatic carbocycles. The van der Waals surface area contributed by atoms with Crippen molar-refractivity contribution in [2.24, 2.45) is 34.5 Å². The van der Waals surface area contributed by atoms with Crippen LogP contribution in [0.5, 0.6) is 0 Å². The van der Waals surface area contributed by atoms with Crippen molar-refractivity contribution in [1.29, 1.82) is 0 Å². The van der Waals surface area contributed by atoms with E-state index < -0.39 is 0 Å². The van der Waals surface area contributed by atoms with E-state index in [1.54, 1.807) is 0 Å². The largest absolute Gasteiger partial charge is 0.303 e. The van der Waals surface area contributed by atoms with Gasteiger partial charge in [0.1, 0.15) is 12.1 Å². The molecule has 0 aromatic carbocycles. The number of rotatable bonds is 1. The SMILES string of the molecule is C[C@@H]1C(=O)[C@@H](C)[C@H]2[C@H]1CCC(C)(C=O)CC2(C)C. The predicted molar refractivity (Wildman–Crippen MR) is 72.1 cm³/mol. The second-order valence-electron chi connectivity index (χ2n) is 7.65. The average Bonchev–Trinajstić information content (AvgIpc) is 2.44. The first-order valence-electron chi connectivity index (χ1n) is 7.22. The number of aldehydes is 1. The standard InChI is InChI=1S/C16H26O2/c1-10-12-6-7-16(5,9-17)8-15(3,4)13(12)11(2)14(10)18/h9-13H,6-8H2,1-5H3/t10-,11-,12-,13-,16?/m0/s1. The van der Waals surface area contributed by atoms with Gasteiger partial charge in [0.25, 0.3) is 0 Å². The van der Waals surface area contributed by atoms with Crippen LogP contribution in [-0.4, -0.2) is 12.1 Å². The Morgan fingerprint density at radius 3 is 2.33 bits per heavy atom. The molecule has 0 aromatic rings. The molecule has 2 aliphatic rings. The first-order valence-corrected chi connectivity index (χ1v) is 7.22. The van der Waals surface area contributed by atoms with Gasteiger partial charge in [0, 0.05) is 17.3 Å². The van der Waals surface area contributed by atoms with Gasteiger partial charge in [-0.15, -0.1) is 0 Å². The Morgan fingerprint density at radius 1 is 1.17 bits per heavy atom. The molecule has 2 heteroatoms. The van der Waals surface area contributed by atoms with Crippen LogP contribution in [-0.2, 0) is 9.59 Å². The third-order valence-corrected chi connectivity index (χ3v) is 5.63. The first-order chi connectivity index (χ1) is 8.22. The molecule has 102 valence electrons. The van der Waals surface area contributed by atoms with Gasteiger partial charge >= 0.3 is 0 Å². The van der Waals surface area contributed by atoms with Crippen molar-refractivity contribution in [3.05, 3.63) is 0 Å². The van der Waals surface area contributed by atoms with Gasteiger partial charge in [-0.2, -0.15) is 0 Å². The quantitative estimate of drug-likeness (QED) is 0.668. The zero-order valence-electron chi connectivity index (χ0n) is 12.3. The molecule has 2 fully saturated rings. The van der Waals surface area contributed by atoms with Gasteiger partial charge in [0.05, 0.1) is 0 Å². The van der Waals surface area contributed by atoms with E-state index in [-0.39, 0.29) is 22.7 Å². The Bertz CT molecular complexity index is 371. The maximum absolute atomic E-state index is 12.2. The highest BCUT2D eigenvalue weighted by molar-refractivity contribution is 5.86. The van der Waals surface area contributed by atoms with Gasteiger partial charge in [0.2, 0.25) is 0 Å². The number of Topliss-reactive ketones (excluding diaryl/α,β-unsaturated/α-hetero) is 1. The normalized spacial score (nSPS) is 47.5. The minimum absolute atomic E-state index is 0.0800. The van der Waals surface area contributed by atoms with Crippen LogP contribution in [0.25, 0.3) is 0 Å². The molecule has 0 radical (unpaired) electrons. The number of ketones is 1. The van der Waals surface area contributed by atoms with Crippen LogP contribution in [0.3, 0.4) is 0 Å². The summed E-state index contributed by atoms with van der Waals surface area (Å²) in [6.07, 6.45) is 4.02. The van der Waals surface area contributed by atoms with Gasteiger partial charge in [0.15, 0.2) is 0 Å². The molecule has 2 rings (SSSR count). The van der Waals surface area contributed by atoms with Gasteiger partial charge < -0.3 is 4.79 Å². The van der Waals surface area contributed by atoms with Crippen molar-refractivity contribution in [2.45, 2.75) is 53.9 Å². The lowest BCUT2D eigenvalue weighted by Gasteiger charge is -2.38. The number of carbonyl (C=O) groups is 2. The van der Waals surface area contributed by atoms with E-state index in [1.165, 1.54) is 0 Å². The molecule has 0 aliphatic heterocycles. The minimum atomic E-state index is -0.198. The highest BCUT2D eigenvalue weighted by Gasteiger charge is 2.54. The highest BCUT2D eigenvalue weighted by atomic mass is 16.1. The fourth-order valence-corrected chi connectivity index (χ4v) is 5.01. The lowest BCUT2D eigenvalue weighted by atomic mass is 9.65. The molecule has 1 unspecified atom stereocenters. The molecule has 0 amide bonds. The van der Waals surface area contributed by atoms with Crippen molar-refractivity contribution in [3.63, 3.8) is 0 Å². The fraction of sp³-hybridized carbons (Fsp3) is 0.875. The molecule has 0 N–H and O–H groups in total. The molecule has 0 saturated heterocycles. The molecular formula is C16H26O2. The summed E-state index contributed by atoms with van der Waals surface area (Å²) in [5.41, 5.74) is -0.118. The third kappa shape index (κ3) is 1.94. The molecule has 2 nitrogen and oxygen atoms in total. The molecule has 0 aromatic heterocycles. The average molecular weight is 250 g/mol. The number of carbonyl (C=O) groups excluding carboxylic acids is 2. The molecule has 18 heavy (non-hydrogen) atoms. The summed E-state index contributed by atoms with van der Waals surface area (Å²) in [7, 11) is 0. The smallest absolute Gasteiger partial charge is 0.139 e. The summed E-state index contributed by atoms with van der Waals surface area (Å²) < 4.78 is 0.